The van der Waals surface area contributed by atoms with Crippen LogP contribution in [0.4, 0.5) is 0 Å². The standard InChI is InChI=1S/C21H30N4O3S/c1-22-21(23-13-16-6-11-29-15-16)24-14-18(25-7-9-28-10-8-25)17-4-5-19(26-2)20(12-17)27-3/h4-6,11-12,15,18H,7-10,13-14H2,1-3H3,(H2,22,23,24). The predicted molar refractivity (Wildman–Crippen MR) is 117 cm³/mol. The van der Waals surface area contributed by atoms with Crippen LogP contribution in [0.3, 0.4) is 0 Å². The molecule has 1 saturated heterocycles. The van der Waals surface area contributed by atoms with Crippen molar-refractivity contribution in [2.24, 2.45) is 4.99 Å². The minimum absolute atomic E-state index is 0.165. The summed E-state index contributed by atoms with van der Waals surface area (Å²) in [4.78, 5) is 6.80. The van der Waals surface area contributed by atoms with Gasteiger partial charge < -0.3 is 24.8 Å². The summed E-state index contributed by atoms with van der Waals surface area (Å²) >= 11 is 1.70. The molecule has 0 radical (unpaired) electrons. The molecule has 1 aliphatic rings. The second-order valence-corrected chi connectivity index (χ2v) is 7.50. The van der Waals surface area contributed by atoms with Gasteiger partial charge in [-0.05, 0) is 40.1 Å². The summed E-state index contributed by atoms with van der Waals surface area (Å²) in [5.41, 5.74) is 2.42. The molecule has 1 atom stereocenters. The highest BCUT2D eigenvalue weighted by molar-refractivity contribution is 7.07. The Labute approximate surface area is 176 Å². The molecule has 0 bridgehead atoms. The molecule has 1 aliphatic heterocycles. The zero-order chi connectivity index (χ0) is 20.5. The molecule has 29 heavy (non-hydrogen) atoms. The van der Waals surface area contributed by atoms with Gasteiger partial charge in [0.1, 0.15) is 0 Å². The van der Waals surface area contributed by atoms with E-state index < -0.39 is 0 Å². The van der Waals surface area contributed by atoms with Gasteiger partial charge in [0.15, 0.2) is 17.5 Å². The van der Waals surface area contributed by atoms with E-state index in [0.717, 1.165) is 56.9 Å². The van der Waals surface area contributed by atoms with Crippen molar-refractivity contribution in [3.05, 3.63) is 46.2 Å². The quantitative estimate of drug-likeness (QED) is 0.507. The first-order chi connectivity index (χ1) is 14.2. The fraction of sp³-hybridized carbons (Fsp3) is 0.476. The molecule has 0 spiro atoms. The summed E-state index contributed by atoms with van der Waals surface area (Å²) in [6, 6.07) is 8.40. The first-order valence-corrected chi connectivity index (χ1v) is 10.7. The van der Waals surface area contributed by atoms with E-state index in [1.165, 1.54) is 11.1 Å². The van der Waals surface area contributed by atoms with E-state index in [2.05, 4.69) is 49.5 Å². The maximum atomic E-state index is 5.55. The number of rotatable bonds is 8. The predicted octanol–water partition coefficient (Wildman–Crippen LogP) is 2.50. The Kier molecular flexibility index (Phi) is 8.15. The lowest BCUT2D eigenvalue weighted by molar-refractivity contribution is 0.0169. The Morgan fingerprint density at radius 3 is 2.62 bits per heavy atom. The van der Waals surface area contributed by atoms with Crippen molar-refractivity contribution in [2.45, 2.75) is 12.6 Å². The Morgan fingerprint density at radius 1 is 1.17 bits per heavy atom. The molecule has 2 heterocycles. The third kappa shape index (κ3) is 5.85. The third-order valence-corrected chi connectivity index (χ3v) is 5.74. The van der Waals surface area contributed by atoms with Crippen LogP contribution in [0.5, 0.6) is 11.5 Å². The molecule has 7 nitrogen and oxygen atoms in total. The highest BCUT2D eigenvalue weighted by Gasteiger charge is 2.24. The average molecular weight is 419 g/mol. The molecular weight excluding hydrogens is 388 g/mol. The number of guanidine groups is 1. The molecule has 3 rings (SSSR count). The summed E-state index contributed by atoms with van der Waals surface area (Å²) in [5, 5.41) is 11.1. The van der Waals surface area contributed by atoms with E-state index in [1.54, 1.807) is 32.6 Å². The fourth-order valence-electron chi connectivity index (χ4n) is 3.40. The fourth-order valence-corrected chi connectivity index (χ4v) is 4.07. The van der Waals surface area contributed by atoms with Crippen molar-refractivity contribution in [1.82, 2.24) is 15.5 Å². The normalized spacial score (nSPS) is 16.3. The summed E-state index contributed by atoms with van der Waals surface area (Å²) in [7, 11) is 5.12. The summed E-state index contributed by atoms with van der Waals surface area (Å²) in [6.07, 6.45) is 0. The van der Waals surface area contributed by atoms with E-state index in [9.17, 15) is 0 Å². The molecule has 0 aliphatic carbocycles. The van der Waals surface area contributed by atoms with Crippen LogP contribution in [-0.2, 0) is 11.3 Å². The van der Waals surface area contributed by atoms with E-state index in [-0.39, 0.29) is 6.04 Å². The van der Waals surface area contributed by atoms with Crippen LogP contribution >= 0.6 is 11.3 Å². The van der Waals surface area contributed by atoms with Gasteiger partial charge in [-0.15, -0.1) is 0 Å². The second-order valence-electron chi connectivity index (χ2n) is 6.72. The van der Waals surface area contributed by atoms with Gasteiger partial charge in [-0.2, -0.15) is 11.3 Å². The van der Waals surface area contributed by atoms with Crippen LogP contribution in [0.1, 0.15) is 17.2 Å². The first kappa shape index (κ1) is 21.4. The Hall–Kier alpha value is -2.29. The van der Waals surface area contributed by atoms with Gasteiger partial charge in [-0.25, -0.2) is 0 Å². The lowest BCUT2D eigenvalue weighted by Crippen LogP contribution is -2.46. The van der Waals surface area contributed by atoms with E-state index >= 15 is 0 Å². The molecule has 2 N–H and O–H groups in total. The Morgan fingerprint density at radius 2 is 1.97 bits per heavy atom. The van der Waals surface area contributed by atoms with Crippen LogP contribution in [0.2, 0.25) is 0 Å². The van der Waals surface area contributed by atoms with Crippen molar-refractivity contribution >= 4 is 17.3 Å². The minimum Gasteiger partial charge on any atom is -0.493 e. The number of methoxy groups -OCH3 is 2. The Bertz CT molecular complexity index is 776. The number of nitrogens with zero attached hydrogens (tertiary/aromatic N) is 2. The lowest BCUT2D eigenvalue weighted by atomic mass is 10.0. The molecule has 1 fully saturated rings. The lowest BCUT2D eigenvalue weighted by Gasteiger charge is -2.35. The topological polar surface area (TPSA) is 67.4 Å². The molecule has 0 saturated carbocycles. The van der Waals surface area contributed by atoms with Crippen molar-refractivity contribution in [3.63, 3.8) is 0 Å². The number of hydrogen-bond donors (Lipinski definition) is 2. The molecule has 1 aromatic carbocycles. The van der Waals surface area contributed by atoms with E-state index in [0.29, 0.717) is 0 Å². The molecule has 2 aromatic rings. The maximum absolute atomic E-state index is 5.55. The number of nitrogens with one attached hydrogen (secondary N) is 2. The monoisotopic (exact) mass is 418 g/mol. The van der Waals surface area contributed by atoms with Crippen molar-refractivity contribution < 1.29 is 14.2 Å². The summed E-state index contributed by atoms with van der Waals surface area (Å²) in [5.74, 6) is 2.26. The molecule has 1 unspecified atom stereocenters. The van der Waals surface area contributed by atoms with Crippen molar-refractivity contribution in [2.75, 3.05) is 54.1 Å². The zero-order valence-corrected chi connectivity index (χ0v) is 18.1. The van der Waals surface area contributed by atoms with E-state index in [1.807, 2.05) is 6.07 Å². The van der Waals surface area contributed by atoms with Gasteiger partial charge >= 0.3 is 0 Å². The van der Waals surface area contributed by atoms with Gasteiger partial charge in [0.05, 0.1) is 33.5 Å². The van der Waals surface area contributed by atoms with Gasteiger partial charge in [-0.1, -0.05) is 6.07 Å². The van der Waals surface area contributed by atoms with Crippen LogP contribution in [-0.4, -0.2) is 65.0 Å². The SMILES string of the molecule is CN=C(NCc1ccsc1)NCC(c1ccc(OC)c(OC)c1)N1CCOCC1. The number of thiophene rings is 1. The van der Waals surface area contributed by atoms with Crippen LogP contribution in [0, 0.1) is 0 Å². The molecule has 0 amide bonds. The average Bonchev–Trinajstić information content (AvgIpc) is 3.30. The van der Waals surface area contributed by atoms with Crippen LogP contribution < -0.4 is 20.1 Å². The number of benzene rings is 1. The van der Waals surface area contributed by atoms with Crippen molar-refractivity contribution in [1.29, 1.82) is 0 Å². The number of aliphatic imine (C=N–C) groups is 1. The number of hydrogen-bond acceptors (Lipinski definition) is 6. The largest absolute Gasteiger partial charge is 0.493 e. The number of morpholine rings is 1. The van der Waals surface area contributed by atoms with Crippen LogP contribution in [0.25, 0.3) is 0 Å². The molecule has 1 aromatic heterocycles. The van der Waals surface area contributed by atoms with Gasteiger partial charge in [0.2, 0.25) is 0 Å². The second kappa shape index (κ2) is 11.0. The smallest absolute Gasteiger partial charge is 0.191 e. The summed E-state index contributed by atoms with van der Waals surface area (Å²) < 4.78 is 16.5. The van der Waals surface area contributed by atoms with Gasteiger partial charge in [-0.3, -0.25) is 9.89 Å². The van der Waals surface area contributed by atoms with Crippen molar-refractivity contribution in [3.8, 4) is 11.5 Å². The van der Waals surface area contributed by atoms with Gasteiger partial charge in [0, 0.05) is 33.2 Å². The van der Waals surface area contributed by atoms with E-state index in [4.69, 9.17) is 14.2 Å². The highest BCUT2D eigenvalue weighted by atomic mass is 32.1. The number of ether oxygens (including phenoxy) is 3. The van der Waals surface area contributed by atoms with Crippen LogP contribution in [0.15, 0.2) is 40.0 Å². The molecule has 8 heteroatoms. The highest BCUT2D eigenvalue weighted by Crippen LogP contribution is 2.32. The third-order valence-electron chi connectivity index (χ3n) is 5.01. The Balaban J connectivity index is 1.71. The zero-order valence-electron chi connectivity index (χ0n) is 17.3. The molecule has 158 valence electrons. The van der Waals surface area contributed by atoms with Gasteiger partial charge in [0.25, 0.3) is 0 Å². The molecular formula is C21H30N4O3S. The maximum Gasteiger partial charge on any atom is 0.191 e. The first-order valence-electron chi connectivity index (χ1n) is 9.74. The minimum atomic E-state index is 0.165. The summed E-state index contributed by atoms with van der Waals surface area (Å²) in [6.45, 7) is 4.74.